The number of Topliss-reactive ketones (excluding diaryl/α,β-unsaturated/α-hetero) is 1. The van der Waals surface area contributed by atoms with Gasteiger partial charge >= 0.3 is 0 Å². The molecule has 2 fully saturated rings. The smallest absolute Gasteiger partial charge is 0.229 e. The second-order valence-electron chi connectivity index (χ2n) is 10.8. The average molecular weight is 595 g/mol. The highest BCUT2D eigenvalue weighted by Gasteiger charge is 2.50. The number of aliphatic hydroxyl groups excluding tert-OH is 5. The van der Waals surface area contributed by atoms with Gasteiger partial charge in [0.2, 0.25) is 6.29 Å². The van der Waals surface area contributed by atoms with E-state index >= 15 is 0 Å². The average Bonchev–Trinajstić information content (AvgIpc) is 3.26. The number of fused-ring (bicyclic) bond motifs is 1. The first-order valence-corrected chi connectivity index (χ1v) is 13.3. The summed E-state index contributed by atoms with van der Waals surface area (Å²) < 4.78 is 28.3. The quantitative estimate of drug-likeness (QED) is 0.194. The molecule has 230 valence electrons. The van der Waals surface area contributed by atoms with E-state index in [1.54, 1.807) is 19.1 Å². The number of carbonyl (C=O) groups is 1. The van der Waals surface area contributed by atoms with Crippen molar-refractivity contribution in [1.82, 2.24) is 0 Å². The number of benzene rings is 2. The third-order valence-corrected chi connectivity index (χ3v) is 7.92. The van der Waals surface area contributed by atoms with E-state index in [1.807, 2.05) is 0 Å². The highest BCUT2D eigenvalue weighted by atomic mass is 16.7. The maximum Gasteiger partial charge on any atom is 0.229 e. The van der Waals surface area contributed by atoms with Crippen molar-refractivity contribution in [1.29, 1.82) is 0 Å². The third-order valence-electron chi connectivity index (χ3n) is 7.92. The van der Waals surface area contributed by atoms with Gasteiger partial charge in [0, 0.05) is 11.1 Å². The Morgan fingerprint density at radius 2 is 1.67 bits per heavy atom. The van der Waals surface area contributed by atoms with Crippen LogP contribution in [0, 0.1) is 13.8 Å². The predicted octanol–water partition coefficient (Wildman–Crippen LogP) is -0.935. The number of ether oxygens (including phenoxy) is 5. The van der Waals surface area contributed by atoms with Gasteiger partial charge in [-0.25, -0.2) is 0 Å². The van der Waals surface area contributed by atoms with Crippen LogP contribution >= 0.6 is 0 Å². The summed E-state index contributed by atoms with van der Waals surface area (Å²) in [5, 5.41) is 81.9. The van der Waals surface area contributed by atoms with Gasteiger partial charge in [-0.2, -0.15) is 0 Å². The summed E-state index contributed by atoms with van der Waals surface area (Å²) in [6.07, 6.45) is -11.8. The van der Waals surface area contributed by atoms with Crippen LogP contribution in [0.15, 0.2) is 24.3 Å². The second-order valence-corrected chi connectivity index (χ2v) is 10.8. The molecule has 5 rings (SSSR count). The van der Waals surface area contributed by atoms with Gasteiger partial charge in [-0.05, 0) is 31.5 Å². The fourth-order valence-corrected chi connectivity index (χ4v) is 5.28. The lowest BCUT2D eigenvalue weighted by molar-refractivity contribution is -0.289. The molecule has 0 radical (unpaired) electrons. The highest BCUT2D eigenvalue weighted by Crippen LogP contribution is 2.48. The van der Waals surface area contributed by atoms with E-state index in [2.05, 4.69) is 0 Å². The van der Waals surface area contributed by atoms with E-state index in [9.17, 15) is 45.6 Å². The third kappa shape index (κ3) is 5.30. The Bertz CT molecular complexity index is 1310. The molecule has 14 nitrogen and oxygen atoms in total. The molecule has 0 unspecified atom stereocenters. The van der Waals surface area contributed by atoms with Gasteiger partial charge in [0.1, 0.15) is 70.8 Å². The van der Waals surface area contributed by atoms with Crippen molar-refractivity contribution in [2.45, 2.75) is 75.1 Å². The van der Waals surface area contributed by atoms with Crippen LogP contribution in [0.3, 0.4) is 0 Å². The number of rotatable bonds is 7. The zero-order valence-electron chi connectivity index (χ0n) is 22.8. The molecule has 0 aliphatic carbocycles. The molecular formula is C28H34O14. The number of hydrogen-bond acceptors (Lipinski definition) is 14. The van der Waals surface area contributed by atoms with Crippen LogP contribution in [0.4, 0.5) is 0 Å². The summed E-state index contributed by atoms with van der Waals surface area (Å²) in [7, 11) is 0. The topological polar surface area (TPSA) is 225 Å². The second kappa shape index (κ2) is 11.6. The van der Waals surface area contributed by atoms with Crippen molar-refractivity contribution in [3.05, 3.63) is 46.5 Å². The summed E-state index contributed by atoms with van der Waals surface area (Å²) in [5.41, 5.74) is -0.911. The van der Waals surface area contributed by atoms with Crippen LogP contribution in [0.5, 0.6) is 23.0 Å². The summed E-state index contributed by atoms with van der Waals surface area (Å²) >= 11 is 0. The summed E-state index contributed by atoms with van der Waals surface area (Å²) in [4.78, 5) is 13.1. The molecule has 2 aromatic rings. The van der Waals surface area contributed by atoms with Crippen molar-refractivity contribution < 1.29 is 69.3 Å². The molecule has 42 heavy (non-hydrogen) atoms. The van der Waals surface area contributed by atoms with Gasteiger partial charge < -0.3 is 64.5 Å². The molecule has 3 heterocycles. The number of ketones is 1. The van der Waals surface area contributed by atoms with E-state index in [0.717, 1.165) is 0 Å². The van der Waals surface area contributed by atoms with E-state index in [-0.39, 0.29) is 40.6 Å². The van der Waals surface area contributed by atoms with Gasteiger partial charge in [-0.1, -0.05) is 12.1 Å². The van der Waals surface area contributed by atoms with E-state index in [0.29, 0.717) is 11.1 Å². The molecule has 2 saturated heterocycles. The molecule has 0 spiro atoms. The van der Waals surface area contributed by atoms with Gasteiger partial charge in [0.05, 0.1) is 26.2 Å². The van der Waals surface area contributed by atoms with Crippen LogP contribution in [0.2, 0.25) is 0 Å². The Hall–Kier alpha value is -3.05. The summed E-state index contributed by atoms with van der Waals surface area (Å²) in [5.74, 6) is -0.674. The Balaban J connectivity index is 1.37. The number of phenolic OH excluding ortho intramolecular Hbond substituents is 2. The standard InChI is InChI=1S/C28H34O14/c1-11-19(32)18-15(31)7-16(13-3-5-14(30)6-4-13)40-24(18)12(2)23(11)42-26-22(35)21(34)20(33)17(41-26)8-38-27-25(36)28(37,9-29)10-39-27/h3-6,16-17,20-22,25-27,29-30,32-37H,7-10H2,1-2H3/t16-,17-,20-,21+,22-,25-,26+,27+,28-/m0/s1. The molecular weight excluding hydrogens is 560 g/mol. The number of aromatic hydroxyl groups is 2. The Labute approximate surface area is 239 Å². The molecule has 9 atom stereocenters. The minimum Gasteiger partial charge on any atom is -0.508 e. The van der Waals surface area contributed by atoms with Crippen LogP contribution in [0.25, 0.3) is 0 Å². The van der Waals surface area contributed by atoms with Gasteiger partial charge in [-0.3, -0.25) is 4.79 Å². The normalized spacial score (nSPS) is 34.6. The molecule has 0 aromatic heterocycles. The van der Waals surface area contributed by atoms with Crippen LogP contribution in [0.1, 0.15) is 39.6 Å². The zero-order valence-corrected chi connectivity index (χ0v) is 22.8. The maximum atomic E-state index is 13.1. The monoisotopic (exact) mass is 594 g/mol. The minimum atomic E-state index is -1.94. The molecule has 0 amide bonds. The van der Waals surface area contributed by atoms with Crippen molar-refractivity contribution in [2.75, 3.05) is 19.8 Å². The lowest BCUT2D eigenvalue weighted by atomic mass is 9.91. The Kier molecular flexibility index (Phi) is 8.37. The molecule has 0 saturated carbocycles. The van der Waals surface area contributed by atoms with Crippen molar-refractivity contribution in [3.8, 4) is 23.0 Å². The molecule has 8 N–H and O–H groups in total. The van der Waals surface area contributed by atoms with Crippen LogP contribution < -0.4 is 9.47 Å². The molecule has 3 aliphatic rings. The lowest BCUT2D eigenvalue weighted by Gasteiger charge is -2.41. The SMILES string of the molecule is Cc1c(O)c2c(c(C)c1O[C@H]1O[C@@H](CO[C@@H]3OC[C@@](O)(CO)[C@H]3O)[C@H](O)[C@@H](O)[C@@H]1O)O[C@H](c1ccc(O)cc1)CC2=O. The molecule has 14 heteroatoms. The minimum absolute atomic E-state index is 0.000252. The fourth-order valence-electron chi connectivity index (χ4n) is 5.28. The summed E-state index contributed by atoms with van der Waals surface area (Å²) in [6.45, 7) is 1.39. The van der Waals surface area contributed by atoms with E-state index < -0.39 is 80.4 Å². The first-order chi connectivity index (χ1) is 19.9. The van der Waals surface area contributed by atoms with Crippen LogP contribution in [-0.4, -0.2) is 115 Å². The van der Waals surface area contributed by atoms with Gasteiger partial charge in [0.25, 0.3) is 0 Å². The first-order valence-electron chi connectivity index (χ1n) is 13.3. The van der Waals surface area contributed by atoms with Crippen molar-refractivity contribution in [2.24, 2.45) is 0 Å². The molecule has 0 bridgehead atoms. The summed E-state index contributed by atoms with van der Waals surface area (Å²) in [6, 6.07) is 6.14. The maximum absolute atomic E-state index is 13.1. The Morgan fingerprint density at radius 3 is 2.31 bits per heavy atom. The number of aliphatic hydroxyl groups is 6. The number of hydrogen-bond donors (Lipinski definition) is 8. The van der Waals surface area contributed by atoms with Gasteiger partial charge in [0.15, 0.2) is 12.1 Å². The van der Waals surface area contributed by atoms with Crippen LogP contribution in [-0.2, 0) is 14.2 Å². The number of phenols is 2. The van der Waals surface area contributed by atoms with E-state index in [1.165, 1.54) is 19.1 Å². The van der Waals surface area contributed by atoms with Crippen molar-refractivity contribution in [3.63, 3.8) is 0 Å². The number of carbonyl (C=O) groups excluding carboxylic acids is 1. The molecule has 2 aromatic carbocycles. The first kappa shape index (κ1) is 30.4. The largest absolute Gasteiger partial charge is 0.508 e. The Morgan fingerprint density at radius 1 is 0.976 bits per heavy atom. The predicted molar refractivity (Wildman–Crippen MR) is 139 cm³/mol. The molecule has 3 aliphatic heterocycles. The van der Waals surface area contributed by atoms with Crippen molar-refractivity contribution >= 4 is 5.78 Å². The van der Waals surface area contributed by atoms with E-state index in [4.69, 9.17) is 23.7 Å². The fraction of sp³-hybridized carbons (Fsp3) is 0.536. The highest BCUT2D eigenvalue weighted by molar-refractivity contribution is 6.03. The lowest BCUT2D eigenvalue weighted by Crippen LogP contribution is -2.60. The van der Waals surface area contributed by atoms with Gasteiger partial charge in [-0.15, -0.1) is 0 Å². The zero-order chi connectivity index (χ0) is 30.5.